The molecule has 0 aromatic heterocycles. The van der Waals surface area contributed by atoms with Crippen LogP contribution in [0.3, 0.4) is 0 Å². The average molecular weight is 285 g/mol. The molecule has 0 radical (unpaired) electrons. The molecular formula is C17H19NO3. The maximum absolute atomic E-state index is 12.1. The highest BCUT2D eigenvalue weighted by atomic mass is 16.6. The first-order chi connectivity index (χ1) is 10.2. The van der Waals surface area contributed by atoms with Crippen LogP contribution < -0.4 is 0 Å². The normalized spacial score (nSPS) is 27.4. The Morgan fingerprint density at radius 1 is 1.33 bits per heavy atom. The number of hydrogen-bond donors (Lipinski definition) is 0. The molecule has 1 aliphatic heterocycles. The predicted molar refractivity (Wildman–Crippen MR) is 78.2 cm³/mol. The van der Waals surface area contributed by atoms with E-state index in [2.05, 4.69) is 12.9 Å². The van der Waals surface area contributed by atoms with E-state index in [1.807, 2.05) is 30.3 Å². The van der Waals surface area contributed by atoms with Gasteiger partial charge in [0.2, 0.25) is 0 Å². The molecule has 3 rings (SSSR count). The fourth-order valence-electron chi connectivity index (χ4n) is 3.50. The van der Waals surface area contributed by atoms with Crippen LogP contribution in [0.2, 0.25) is 0 Å². The lowest BCUT2D eigenvalue weighted by Gasteiger charge is -2.18. The number of benzene rings is 1. The number of rotatable bonds is 2. The van der Waals surface area contributed by atoms with E-state index >= 15 is 0 Å². The second kappa shape index (κ2) is 5.74. The molecule has 4 nitrogen and oxygen atoms in total. The Labute approximate surface area is 124 Å². The van der Waals surface area contributed by atoms with Gasteiger partial charge in [0.05, 0.1) is 0 Å². The zero-order chi connectivity index (χ0) is 14.8. The summed E-state index contributed by atoms with van der Waals surface area (Å²) in [5.74, 6) is 3.07. The van der Waals surface area contributed by atoms with E-state index in [9.17, 15) is 9.59 Å². The van der Waals surface area contributed by atoms with Crippen LogP contribution in [0, 0.1) is 17.8 Å². The molecular weight excluding hydrogens is 266 g/mol. The van der Waals surface area contributed by atoms with Crippen molar-refractivity contribution in [2.75, 3.05) is 13.1 Å². The summed E-state index contributed by atoms with van der Waals surface area (Å²) in [6, 6.07) is 9.67. The van der Waals surface area contributed by atoms with Gasteiger partial charge in [-0.25, -0.2) is 9.59 Å². The lowest BCUT2D eigenvalue weighted by atomic mass is 9.93. The lowest BCUT2D eigenvalue weighted by Crippen LogP contribution is -2.30. The maximum Gasteiger partial charge on any atom is 0.410 e. The molecule has 3 atom stereocenters. The lowest BCUT2D eigenvalue weighted by molar-refractivity contribution is 0.101. The monoisotopic (exact) mass is 285 g/mol. The van der Waals surface area contributed by atoms with Crippen LogP contribution in [0.4, 0.5) is 4.79 Å². The van der Waals surface area contributed by atoms with Crippen molar-refractivity contribution in [3.8, 4) is 0 Å². The molecule has 21 heavy (non-hydrogen) atoms. The quantitative estimate of drug-likeness (QED) is 0.785. The summed E-state index contributed by atoms with van der Waals surface area (Å²) in [6.07, 6.45) is 0.523. The highest BCUT2D eigenvalue weighted by molar-refractivity contribution is 5.68. The van der Waals surface area contributed by atoms with Gasteiger partial charge in [-0.2, -0.15) is 0 Å². The Balaban J connectivity index is 1.55. The van der Waals surface area contributed by atoms with Gasteiger partial charge in [-0.05, 0) is 29.7 Å². The van der Waals surface area contributed by atoms with Crippen molar-refractivity contribution in [1.82, 2.24) is 4.90 Å². The minimum atomic E-state index is -0.253. The van der Waals surface area contributed by atoms with Crippen LogP contribution >= 0.6 is 0 Å². The molecule has 1 saturated carbocycles. The smallest absolute Gasteiger partial charge is 0.410 e. The van der Waals surface area contributed by atoms with E-state index in [4.69, 9.17) is 4.74 Å². The van der Waals surface area contributed by atoms with Crippen LogP contribution in [-0.2, 0) is 16.1 Å². The third-order valence-corrected chi connectivity index (χ3v) is 4.76. The summed E-state index contributed by atoms with van der Waals surface area (Å²) in [4.78, 5) is 24.8. The second-order valence-corrected chi connectivity index (χ2v) is 5.99. The van der Waals surface area contributed by atoms with Crippen molar-refractivity contribution in [2.24, 2.45) is 17.8 Å². The summed E-state index contributed by atoms with van der Waals surface area (Å²) in [6.45, 7) is 3.74. The number of carbonyl (C=O) groups excluding carboxylic acids is 2. The van der Waals surface area contributed by atoms with Gasteiger partial charge in [0.25, 0.3) is 0 Å². The third-order valence-electron chi connectivity index (χ3n) is 4.76. The van der Waals surface area contributed by atoms with E-state index in [1.54, 1.807) is 4.90 Å². The minimum absolute atomic E-state index is 0.236. The summed E-state index contributed by atoms with van der Waals surface area (Å²) in [5.41, 5.74) is 1.87. The number of nitrogens with zero attached hydrogens (tertiary/aromatic N) is 1. The number of amides is 1. The Morgan fingerprint density at radius 3 is 2.76 bits per heavy atom. The summed E-state index contributed by atoms with van der Waals surface area (Å²) >= 11 is 0. The summed E-state index contributed by atoms with van der Waals surface area (Å²) in [7, 11) is 0. The molecule has 1 aromatic rings. The summed E-state index contributed by atoms with van der Waals surface area (Å²) < 4.78 is 5.37. The fraction of sp³-hybridized carbons (Fsp3) is 0.471. The van der Waals surface area contributed by atoms with Crippen LogP contribution in [-0.4, -0.2) is 30.0 Å². The largest absolute Gasteiger partial charge is 0.445 e. The minimum Gasteiger partial charge on any atom is -0.445 e. The van der Waals surface area contributed by atoms with Crippen LogP contribution in [0.15, 0.2) is 35.9 Å². The number of hydrogen-bond acceptors (Lipinski definition) is 3. The average Bonchev–Trinajstić information content (AvgIpc) is 3.05. The molecule has 4 heteroatoms. The zero-order valence-electron chi connectivity index (χ0n) is 12.1. The number of likely N-dealkylation sites (tertiary alicyclic amines) is 1. The highest BCUT2D eigenvalue weighted by Crippen LogP contribution is 2.44. The SMILES string of the molecule is C[C@H]1C(=C=O)C[C@@H]2CN(C(=O)OCc3ccccc3)C[C@H]21. The van der Waals surface area contributed by atoms with Crippen molar-refractivity contribution in [3.63, 3.8) is 0 Å². The van der Waals surface area contributed by atoms with Crippen LogP contribution in [0.5, 0.6) is 0 Å². The number of fused-ring (bicyclic) bond motifs is 1. The summed E-state index contributed by atoms with van der Waals surface area (Å²) in [5, 5.41) is 0. The zero-order valence-corrected chi connectivity index (χ0v) is 12.1. The van der Waals surface area contributed by atoms with Gasteiger partial charge in [0, 0.05) is 18.7 Å². The topological polar surface area (TPSA) is 46.6 Å². The molecule has 2 aliphatic rings. The first kappa shape index (κ1) is 13.9. The Bertz CT molecular complexity index is 577. The molecule has 1 heterocycles. The van der Waals surface area contributed by atoms with Crippen molar-refractivity contribution < 1.29 is 14.3 Å². The molecule has 2 fully saturated rings. The molecule has 0 bridgehead atoms. The first-order valence-electron chi connectivity index (χ1n) is 7.38. The number of carbonyl (C=O) groups is 1. The highest BCUT2D eigenvalue weighted by Gasteiger charge is 2.45. The van der Waals surface area contributed by atoms with Crippen LogP contribution in [0.25, 0.3) is 0 Å². The van der Waals surface area contributed by atoms with Gasteiger partial charge < -0.3 is 9.64 Å². The maximum atomic E-state index is 12.1. The van der Waals surface area contributed by atoms with Gasteiger partial charge in [-0.1, -0.05) is 37.3 Å². The molecule has 0 N–H and O–H groups in total. The van der Waals surface area contributed by atoms with Gasteiger partial charge in [0.15, 0.2) is 0 Å². The third kappa shape index (κ3) is 2.72. The number of ether oxygens (including phenoxy) is 1. The van der Waals surface area contributed by atoms with E-state index in [-0.39, 0.29) is 12.0 Å². The van der Waals surface area contributed by atoms with Crippen molar-refractivity contribution in [1.29, 1.82) is 0 Å². The van der Waals surface area contributed by atoms with Crippen molar-refractivity contribution in [3.05, 3.63) is 41.5 Å². The molecule has 0 unspecified atom stereocenters. The molecule has 1 aromatic carbocycles. The van der Waals surface area contributed by atoms with E-state index in [1.165, 1.54) is 0 Å². The fourth-order valence-corrected chi connectivity index (χ4v) is 3.50. The van der Waals surface area contributed by atoms with Gasteiger partial charge >= 0.3 is 6.09 Å². The second-order valence-electron chi connectivity index (χ2n) is 5.99. The molecule has 110 valence electrons. The molecule has 1 amide bonds. The molecule has 1 saturated heterocycles. The van der Waals surface area contributed by atoms with Gasteiger partial charge in [-0.3, -0.25) is 0 Å². The van der Waals surface area contributed by atoms with E-state index in [0.29, 0.717) is 31.5 Å². The molecule has 1 aliphatic carbocycles. The number of allylic oxidation sites excluding steroid dienone is 1. The standard InChI is InChI=1S/C17H19NO3/c1-12-15(10-19)7-14-8-18(9-16(12)14)17(20)21-11-13-5-3-2-4-6-13/h2-6,12,14,16H,7-9,11H2,1H3/t12-,14+,16-/m0/s1. The van der Waals surface area contributed by atoms with Crippen molar-refractivity contribution >= 4 is 12.0 Å². The van der Waals surface area contributed by atoms with Gasteiger partial charge in [-0.15, -0.1) is 0 Å². The Hall–Kier alpha value is -2.06. The Morgan fingerprint density at radius 2 is 2.10 bits per heavy atom. The van der Waals surface area contributed by atoms with E-state index < -0.39 is 0 Å². The van der Waals surface area contributed by atoms with Crippen molar-refractivity contribution in [2.45, 2.75) is 20.0 Å². The molecule has 0 spiro atoms. The van der Waals surface area contributed by atoms with E-state index in [0.717, 1.165) is 17.6 Å². The predicted octanol–water partition coefficient (Wildman–Crippen LogP) is 2.67. The van der Waals surface area contributed by atoms with Gasteiger partial charge in [0.1, 0.15) is 12.5 Å². The Kier molecular flexibility index (Phi) is 3.80. The first-order valence-corrected chi connectivity index (χ1v) is 7.38. The van der Waals surface area contributed by atoms with Crippen LogP contribution in [0.1, 0.15) is 18.9 Å².